The number of ether oxygens (including phenoxy) is 1. The Balaban J connectivity index is 1.38. The average molecular weight is 354 g/mol. The molecule has 1 atom stereocenters. The quantitative estimate of drug-likeness (QED) is 0.819. The van der Waals surface area contributed by atoms with Gasteiger partial charge in [0.05, 0.1) is 17.8 Å². The molecule has 0 aromatic heterocycles. The van der Waals surface area contributed by atoms with Crippen LogP contribution in [-0.2, 0) is 4.74 Å². The van der Waals surface area contributed by atoms with E-state index in [1.807, 2.05) is 48.2 Å². The molecule has 0 saturated carbocycles. The van der Waals surface area contributed by atoms with E-state index in [0.717, 1.165) is 29.3 Å². The first-order chi connectivity index (χ1) is 12.4. The predicted molar refractivity (Wildman–Crippen MR) is 102 cm³/mol. The molecule has 0 radical (unpaired) electrons. The van der Waals surface area contributed by atoms with Crippen molar-refractivity contribution < 1.29 is 14.6 Å². The van der Waals surface area contributed by atoms with Crippen LogP contribution in [-0.4, -0.2) is 46.9 Å². The van der Waals surface area contributed by atoms with E-state index in [9.17, 15) is 9.90 Å². The highest BCUT2D eigenvalue weighted by Gasteiger charge is 2.44. The van der Waals surface area contributed by atoms with Crippen LogP contribution in [0.25, 0.3) is 10.8 Å². The first-order valence-electron chi connectivity index (χ1n) is 9.36. The molecule has 2 fully saturated rings. The van der Waals surface area contributed by atoms with Crippen LogP contribution in [0.5, 0.6) is 0 Å². The third-order valence-electron chi connectivity index (χ3n) is 5.71. The molecule has 2 aliphatic rings. The average Bonchev–Trinajstić information content (AvgIpc) is 2.61. The smallest absolute Gasteiger partial charge is 0.321 e. The van der Waals surface area contributed by atoms with E-state index in [-0.39, 0.29) is 11.6 Å². The number of hydrogen-bond donors (Lipinski definition) is 2. The highest BCUT2D eigenvalue weighted by atomic mass is 16.5. The number of hydrogen-bond acceptors (Lipinski definition) is 3. The zero-order valence-electron chi connectivity index (χ0n) is 15.2. The molecule has 2 saturated heterocycles. The van der Waals surface area contributed by atoms with Crippen LogP contribution in [0.3, 0.4) is 0 Å². The van der Waals surface area contributed by atoms with E-state index in [4.69, 9.17) is 4.74 Å². The normalized spacial score (nSPS) is 25.4. The number of carbonyl (C=O) groups is 1. The summed E-state index contributed by atoms with van der Waals surface area (Å²) < 4.78 is 6.02. The first-order valence-corrected chi connectivity index (χ1v) is 9.36. The first kappa shape index (κ1) is 17.3. The van der Waals surface area contributed by atoms with Gasteiger partial charge in [0.25, 0.3) is 0 Å². The molecule has 4 rings (SSSR count). The number of rotatable bonds is 1. The van der Waals surface area contributed by atoms with Crippen LogP contribution in [0.2, 0.25) is 0 Å². The van der Waals surface area contributed by atoms with Crippen LogP contribution in [0.4, 0.5) is 10.5 Å². The fraction of sp³-hybridized carbons (Fsp3) is 0.476. The van der Waals surface area contributed by atoms with E-state index in [1.165, 1.54) is 0 Å². The van der Waals surface area contributed by atoms with Gasteiger partial charge in [-0.3, -0.25) is 0 Å². The molecule has 2 N–H and O–H groups in total. The second kappa shape index (κ2) is 6.56. The van der Waals surface area contributed by atoms with E-state index >= 15 is 0 Å². The number of amides is 2. The van der Waals surface area contributed by atoms with Gasteiger partial charge in [-0.05, 0) is 49.1 Å². The van der Waals surface area contributed by atoms with Crippen molar-refractivity contribution in [3.8, 4) is 0 Å². The molecule has 26 heavy (non-hydrogen) atoms. The molecule has 0 bridgehead atoms. The maximum Gasteiger partial charge on any atom is 0.321 e. The van der Waals surface area contributed by atoms with Crippen molar-refractivity contribution in [1.29, 1.82) is 0 Å². The van der Waals surface area contributed by atoms with Gasteiger partial charge in [0.2, 0.25) is 0 Å². The van der Waals surface area contributed by atoms with Gasteiger partial charge in [0.15, 0.2) is 0 Å². The maximum absolute atomic E-state index is 12.6. The number of fused-ring (bicyclic) bond motifs is 1. The lowest BCUT2D eigenvalue weighted by Crippen LogP contribution is -2.54. The van der Waals surface area contributed by atoms with Crippen molar-refractivity contribution in [1.82, 2.24) is 4.90 Å². The fourth-order valence-corrected chi connectivity index (χ4v) is 4.23. The summed E-state index contributed by atoms with van der Waals surface area (Å²) in [6, 6.07) is 14.0. The Labute approximate surface area is 153 Å². The maximum atomic E-state index is 12.6. The lowest BCUT2D eigenvalue weighted by molar-refractivity contribution is -0.169. The van der Waals surface area contributed by atoms with E-state index < -0.39 is 5.60 Å². The largest absolute Gasteiger partial charge is 0.390 e. The summed E-state index contributed by atoms with van der Waals surface area (Å²) in [6.45, 7) is 3.78. The van der Waals surface area contributed by atoms with Gasteiger partial charge in [0.1, 0.15) is 0 Å². The summed E-state index contributed by atoms with van der Waals surface area (Å²) in [5.74, 6) is 0. The minimum atomic E-state index is -0.659. The number of nitrogens with zero attached hydrogens (tertiary/aromatic N) is 1. The van der Waals surface area contributed by atoms with Gasteiger partial charge in [0, 0.05) is 25.2 Å². The van der Waals surface area contributed by atoms with Crippen molar-refractivity contribution in [2.45, 2.75) is 43.8 Å². The standard InChI is InChI=1S/C21H26N2O3/c1-20(25)10-13-26-21(15-20)8-11-23(12-9-21)19(24)22-18-7-6-16-4-2-3-5-17(16)14-18/h2-7,14,25H,8-13,15H2,1H3,(H,22,24). The predicted octanol–water partition coefficient (Wildman–Crippen LogP) is 3.77. The van der Waals surface area contributed by atoms with Gasteiger partial charge in [-0.2, -0.15) is 0 Å². The van der Waals surface area contributed by atoms with Crippen molar-refractivity contribution in [3.63, 3.8) is 0 Å². The third kappa shape index (κ3) is 3.55. The van der Waals surface area contributed by atoms with Crippen molar-refractivity contribution in [2.24, 2.45) is 0 Å². The Morgan fingerprint density at radius 2 is 1.85 bits per heavy atom. The lowest BCUT2D eigenvalue weighted by atomic mass is 9.78. The van der Waals surface area contributed by atoms with Crippen molar-refractivity contribution in [3.05, 3.63) is 42.5 Å². The number of aliphatic hydroxyl groups is 1. The van der Waals surface area contributed by atoms with Crippen molar-refractivity contribution in [2.75, 3.05) is 25.0 Å². The molecule has 1 unspecified atom stereocenters. The summed E-state index contributed by atoms with van der Waals surface area (Å²) in [5, 5.41) is 15.7. The van der Waals surface area contributed by atoms with Gasteiger partial charge < -0.3 is 20.1 Å². The molecule has 2 aromatic rings. The summed E-state index contributed by atoms with van der Waals surface area (Å²) in [6.07, 6.45) is 2.88. The van der Waals surface area contributed by atoms with E-state index in [2.05, 4.69) is 11.4 Å². The van der Waals surface area contributed by atoms with Crippen molar-refractivity contribution >= 4 is 22.5 Å². The van der Waals surface area contributed by atoms with Crippen LogP contribution < -0.4 is 5.32 Å². The zero-order valence-corrected chi connectivity index (χ0v) is 15.2. The minimum Gasteiger partial charge on any atom is -0.390 e. The Morgan fingerprint density at radius 3 is 2.58 bits per heavy atom. The number of likely N-dealkylation sites (tertiary alicyclic amines) is 1. The third-order valence-corrected chi connectivity index (χ3v) is 5.71. The summed E-state index contributed by atoms with van der Waals surface area (Å²) >= 11 is 0. The summed E-state index contributed by atoms with van der Waals surface area (Å²) in [4.78, 5) is 14.5. The lowest BCUT2D eigenvalue weighted by Gasteiger charge is -2.48. The Morgan fingerprint density at radius 1 is 1.12 bits per heavy atom. The highest BCUT2D eigenvalue weighted by Crippen LogP contribution is 2.39. The number of urea groups is 1. The molecule has 5 nitrogen and oxygen atoms in total. The van der Waals surface area contributed by atoms with E-state index in [0.29, 0.717) is 32.5 Å². The molecule has 1 spiro atoms. The molecular formula is C21H26N2O3. The molecule has 5 heteroatoms. The molecule has 2 heterocycles. The molecular weight excluding hydrogens is 328 g/mol. The van der Waals surface area contributed by atoms with Gasteiger partial charge >= 0.3 is 6.03 Å². The Kier molecular flexibility index (Phi) is 4.37. The number of piperidine rings is 1. The monoisotopic (exact) mass is 354 g/mol. The fourth-order valence-electron chi connectivity index (χ4n) is 4.23. The van der Waals surface area contributed by atoms with Crippen LogP contribution in [0.1, 0.15) is 32.6 Å². The topological polar surface area (TPSA) is 61.8 Å². The van der Waals surface area contributed by atoms with Gasteiger partial charge in [-0.15, -0.1) is 0 Å². The Bertz CT molecular complexity index is 810. The number of nitrogens with one attached hydrogen (secondary N) is 1. The zero-order chi connectivity index (χ0) is 18.2. The van der Waals surface area contributed by atoms with Crippen LogP contribution >= 0.6 is 0 Å². The second-order valence-corrected chi connectivity index (χ2v) is 7.93. The Hall–Kier alpha value is -2.11. The highest BCUT2D eigenvalue weighted by molar-refractivity contribution is 5.93. The second-order valence-electron chi connectivity index (χ2n) is 7.93. The van der Waals surface area contributed by atoms with Gasteiger partial charge in [-0.1, -0.05) is 30.3 Å². The molecule has 0 aliphatic carbocycles. The molecule has 2 amide bonds. The number of carbonyl (C=O) groups excluding carboxylic acids is 1. The van der Waals surface area contributed by atoms with Gasteiger partial charge in [-0.25, -0.2) is 4.79 Å². The molecule has 2 aromatic carbocycles. The summed E-state index contributed by atoms with van der Waals surface area (Å²) in [7, 11) is 0. The number of anilines is 1. The SMILES string of the molecule is CC1(O)CCOC2(CCN(C(=O)Nc3ccc4ccccc4c3)CC2)C1. The van der Waals surface area contributed by atoms with Crippen LogP contribution in [0.15, 0.2) is 42.5 Å². The number of benzene rings is 2. The van der Waals surface area contributed by atoms with E-state index in [1.54, 1.807) is 0 Å². The van der Waals surface area contributed by atoms with Crippen LogP contribution in [0, 0.1) is 0 Å². The molecule has 2 aliphatic heterocycles. The summed E-state index contributed by atoms with van der Waals surface area (Å²) in [5.41, 5.74) is -0.124. The minimum absolute atomic E-state index is 0.0716. The molecule has 138 valence electrons.